The lowest BCUT2D eigenvalue weighted by Gasteiger charge is -2.15. The van der Waals surface area contributed by atoms with E-state index < -0.39 is 0 Å². The molecule has 1 aliphatic rings. The van der Waals surface area contributed by atoms with Crippen molar-refractivity contribution in [1.29, 1.82) is 0 Å². The molecular formula is C22H23ClN2O3. The van der Waals surface area contributed by atoms with Crippen molar-refractivity contribution in [2.45, 2.75) is 20.3 Å². The van der Waals surface area contributed by atoms with Crippen molar-refractivity contribution in [3.05, 3.63) is 70.4 Å². The van der Waals surface area contributed by atoms with E-state index in [2.05, 4.69) is 5.32 Å². The van der Waals surface area contributed by atoms with Gasteiger partial charge in [-0.25, -0.2) is 0 Å². The third kappa shape index (κ3) is 4.26. The zero-order valence-corrected chi connectivity index (χ0v) is 16.8. The minimum absolute atomic E-state index is 0.290. The molecule has 0 bridgehead atoms. The molecular weight excluding hydrogens is 376 g/mol. The minimum Gasteiger partial charge on any atom is -0.382 e. The molecule has 2 amide bonds. The number of aryl methyl sites for hydroxylation is 1. The van der Waals surface area contributed by atoms with E-state index in [9.17, 15) is 9.59 Å². The molecule has 1 aliphatic heterocycles. The molecule has 3 rings (SSSR count). The SMILES string of the molecule is CCOCCCN1C(=O)C(Nc2ccccc2C)=C(c2ccc(Cl)cc2)C1=O. The zero-order valence-electron chi connectivity index (χ0n) is 16.0. The van der Waals surface area contributed by atoms with Gasteiger partial charge in [-0.2, -0.15) is 0 Å². The topological polar surface area (TPSA) is 58.6 Å². The Kier molecular flexibility index (Phi) is 6.49. The van der Waals surface area contributed by atoms with Crippen molar-refractivity contribution in [1.82, 2.24) is 4.90 Å². The molecule has 1 heterocycles. The fraction of sp³-hybridized carbons (Fsp3) is 0.273. The average Bonchev–Trinajstić information content (AvgIpc) is 2.92. The summed E-state index contributed by atoms with van der Waals surface area (Å²) >= 11 is 5.99. The van der Waals surface area contributed by atoms with Gasteiger partial charge in [0.2, 0.25) is 0 Å². The molecule has 0 saturated heterocycles. The lowest BCUT2D eigenvalue weighted by molar-refractivity contribution is -0.137. The largest absolute Gasteiger partial charge is 0.382 e. The van der Waals surface area contributed by atoms with Gasteiger partial charge in [-0.15, -0.1) is 0 Å². The molecule has 2 aromatic rings. The number of rotatable bonds is 8. The molecule has 0 atom stereocenters. The fourth-order valence-electron chi connectivity index (χ4n) is 3.10. The van der Waals surface area contributed by atoms with Crippen molar-refractivity contribution < 1.29 is 14.3 Å². The van der Waals surface area contributed by atoms with Gasteiger partial charge >= 0.3 is 0 Å². The molecule has 0 saturated carbocycles. The average molecular weight is 399 g/mol. The Hall–Kier alpha value is -2.63. The maximum atomic E-state index is 13.1. The number of amides is 2. The Morgan fingerprint density at radius 2 is 1.75 bits per heavy atom. The number of hydrogen-bond donors (Lipinski definition) is 1. The molecule has 0 aromatic heterocycles. The highest BCUT2D eigenvalue weighted by atomic mass is 35.5. The third-order valence-corrected chi connectivity index (χ3v) is 4.83. The van der Waals surface area contributed by atoms with Crippen LogP contribution in [0.4, 0.5) is 5.69 Å². The Morgan fingerprint density at radius 3 is 2.43 bits per heavy atom. The van der Waals surface area contributed by atoms with Gasteiger partial charge < -0.3 is 10.1 Å². The Morgan fingerprint density at radius 1 is 1.04 bits per heavy atom. The van der Waals surface area contributed by atoms with Crippen molar-refractivity contribution in [3.63, 3.8) is 0 Å². The molecule has 5 nitrogen and oxygen atoms in total. The van der Waals surface area contributed by atoms with Crippen LogP contribution in [0.15, 0.2) is 54.2 Å². The molecule has 6 heteroatoms. The number of ether oxygens (including phenoxy) is 1. The number of para-hydroxylation sites is 1. The van der Waals surface area contributed by atoms with E-state index in [-0.39, 0.29) is 17.5 Å². The number of benzene rings is 2. The molecule has 0 unspecified atom stereocenters. The van der Waals surface area contributed by atoms with Crippen LogP contribution in [0.3, 0.4) is 0 Å². The molecule has 146 valence electrons. The first-order valence-electron chi connectivity index (χ1n) is 9.29. The summed E-state index contributed by atoms with van der Waals surface area (Å²) in [6, 6.07) is 14.6. The maximum absolute atomic E-state index is 13.1. The Balaban J connectivity index is 1.95. The van der Waals surface area contributed by atoms with E-state index in [0.717, 1.165) is 11.3 Å². The summed E-state index contributed by atoms with van der Waals surface area (Å²) in [5.74, 6) is -0.630. The van der Waals surface area contributed by atoms with E-state index in [1.807, 2.05) is 38.1 Å². The van der Waals surface area contributed by atoms with Gasteiger partial charge in [0.25, 0.3) is 11.8 Å². The lowest BCUT2D eigenvalue weighted by atomic mass is 10.0. The van der Waals surface area contributed by atoms with Gasteiger partial charge in [0.05, 0.1) is 5.57 Å². The second-order valence-electron chi connectivity index (χ2n) is 6.51. The summed E-state index contributed by atoms with van der Waals surface area (Å²) in [4.78, 5) is 27.4. The standard InChI is InChI=1S/C22H23ClN2O3/c1-3-28-14-6-13-25-21(26)19(16-9-11-17(23)12-10-16)20(22(25)27)24-18-8-5-4-7-15(18)2/h4-5,7-12,24H,3,6,13-14H2,1-2H3. The highest BCUT2D eigenvalue weighted by Gasteiger charge is 2.38. The van der Waals surface area contributed by atoms with Crippen LogP contribution in [0.1, 0.15) is 24.5 Å². The maximum Gasteiger partial charge on any atom is 0.278 e. The molecule has 0 aliphatic carbocycles. The number of nitrogens with zero attached hydrogens (tertiary/aromatic N) is 1. The minimum atomic E-state index is -0.324. The first-order valence-corrected chi connectivity index (χ1v) is 9.67. The number of nitrogens with one attached hydrogen (secondary N) is 1. The van der Waals surface area contributed by atoms with Crippen LogP contribution in [0.25, 0.3) is 5.57 Å². The quantitative estimate of drug-likeness (QED) is 0.533. The van der Waals surface area contributed by atoms with Crippen molar-refractivity contribution >= 4 is 34.7 Å². The highest BCUT2D eigenvalue weighted by Crippen LogP contribution is 2.31. The van der Waals surface area contributed by atoms with E-state index in [1.54, 1.807) is 24.3 Å². The van der Waals surface area contributed by atoms with Crippen molar-refractivity contribution in [3.8, 4) is 0 Å². The highest BCUT2D eigenvalue weighted by molar-refractivity contribution is 6.36. The normalized spacial score (nSPS) is 14.2. The predicted octanol–water partition coefficient (Wildman–Crippen LogP) is 4.27. The van der Waals surface area contributed by atoms with Crippen LogP contribution in [0.2, 0.25) is 5.02 Å². The first kappa shape index (κ1) is 20.1. The Labute approximate surface area is 169 Å². The monoisotopic (exact) mass is 398 g/mol. The fourth-order valence-corrected chi connectivity index (χ4v) is 3.22. The van der Waals surface area contributed by atoms with Gasteiger partial charge in [-0.05, 0) is 49.6 Å². The summed E-state index contributed by atoms with van der Waals surface area (Å²) in [5, 5.41) is 3.76. The summed E-state index contributed by atoms with van der Waals surface area (Å²) in [6.45, 7) is 5.29. The number of carbonyl (C=O) groups is 2. The summed E-state index contributed by atoms with van der Waals surface area (Å²) in [7, 11) is 0. The zero-order chi connectivity index (χ0) is 20.1. The predicted molar refractivity (Wildman–Crippen MR) is 111 cm³/mol. The van der Waals surface area contributed by atoms with Gasteiger partial charge in [0.15, 0.2) is 0 Å². The second-order valence-corrected chi connectivity index (χ2v) is 6.95. The van der Waals surface area contributed by atoms with Gasteiger partial charge in [0, 0.05) is 30.5 Å². The molecule has 2 aromatic carbocycles. The van der Waals surface area contributed by atoms with Crippen molar-refractivity contribution in [2.24, 2.45) is 0 Å². The second kappa shape index (κ2) is 9.04. The van der Waals surface area contributed by atoms with E-state index in [4.69, 9.17) is 16.3 Å². The lowest BCUT2D eigenvalue weighted by Crippen LogP contribution is -2.34. The van der Waals surface area contributed by atoms with E-state index in [0.29, 0.717) is 42.3 Å². The number of halogens is 1. The molecule has 0 fully saturated rings. The molecule has 0 radical (unpaired) electrons. The van der Waals surface area contributed by atoms with Crippen LogP contribution in [0, 0.1) is 6.92 Å². The number of anilines is 1. The number of imide groups is 1. The van der Waals surface area contributed by atoms with Crippen LogP contribution < -0.4 is 5.32 Å². The van der Waals surface area contributed by atoms with Crippen molar-refractivity contribution in [2.75, 3.05) is 25.1 Å². The van der Waals surface area contributed by atoms with E-state index in [1.165, 1.54) is 4.90 Å². The van der Waals surface area contributed by atoms with Crippen LogP contribution in [0.5, 0.6) is 0 Å². The molecule has 0 spiro atoms. The van der Waals surface area contributed by atoms with Crippen LogP contribution in [-0.2, 0) is 14.3 Å². The third-order valence-electron chi connectivity index (χ3n) is 4.58. The smallest absolute Gasteiger partial charge is 0.278 e. The Bertz CT molecular complexity index is 906. The van der Waals surface area contributed by atoms with Crippen LogP contribution >= 0.6 is 11.6 Å². The molecule has 1 N–H and O–H groups in total. The van der Waals surface area contributed by atoms with Gasteiger partial charge in [0.1, 0.15) is 5.70 Å². The molecule has 28 heavy (non-hydrogen) atoms. The number of hydrogen-bond acceptors (Lipinski definition) is 4. The van der Waals surface area contributed by atoms with Gasteiger partial charge in [-0.1, -0.05) is 41.9 Å². The van der Waals surface area contributed by atoms with Crippen LogP contribution in [-0.4, -0.2) is 36.5 Å². The van der Waals surface area contributed by atoms with E-state index >= 15 is 0 Å². The number of carbonyl (C=O) groups excluding carboxylic acids is 2. The summed E-state index contributed by atoms with van der Waals surface area (Å²) < 4.78 is 5.33. The summed E-state index contributed by atoms with van der Waals surface area (Å²) in [6.07, 6.45) is 0.594. The van der Waals surface area contributed by atoms with Gasteiger partial charge in [-0.3, -0.25) is 14.5 Å². The summed E-state index contributed by atoms with van der Waals surface area (Å²) in [5.41, 5.74) is 3.09. The first-order chi connectivity index (χ1) is 13.5.